The number of ether oxygens (including phenoxy) is 2. The molecule has 1 aromatic carbocycles. The quantitative estimate of drug-likeness (QED) is 0.599. The summed E-state index contributed by atoms with van der Waals surface area (Å²) in [6.07, 6.45) is 0.786. The first-order valence-electron chi connectivity index (χ1n) is 9.86. The monoisotopic (exact) mass is 404 g/mol. The van der Waals surface area contributed by atoms with Crippen molar-refractivity contribution in [3.05, 3.63) is 24.3 Å². The second-order valence-corrected chi connectivity index (χ2v) is 7.09. The van der Waals surface area contributed by atoms with Crippen molar-refractivity contribution in [3.8, 4) is 5.75 Å². The largest absolute Gasteiger partial charge is 0.482 e. The molecular weight excluding hydrogens is 376 g/mol. The molecule has 1 saturated heterocycles. The molecule has 158 valence electrons. The van der Waals surface area contributed by atoms with E-state index in [0.717, 1.165) is 6.42 Å². The predicted molar refractivity (Wildman–Crippen MR) is 107 cm³/mol. The Balaban J connectivity index is 1.45. The highest BCUT2D eigenvalue weighted by molar-refractivity contribution is 6.02. The van der Waals surface area contributed by atoms with Crippen molar-refractivity contribution in [2.75, 3.05) is 71.0 Å². The Morgan fingerprint density at radius 1 is 1.14 bits per heavy atom. The van der Waals surface area contributed by atoms with Gasteiger partial charge in [0.05, 0.1) is 12.2 Å². The predicted octanol–water partition coefficient (Wildman–Crippen LogP) is -0.291. The van der Waals surface area contributed by atoms with Crippen molar-refractivity contribution in [2.24, 2.45) is 0 Å². The number of carbonyl (C=O) groups excluding carboxylic acids is 3. The van der Waals surface area contributed by atoms with Crippen LogP contribution in [0.3, 0.4) is 0 Å². The molecule has 9 nitrogen and oxygen atoms in total. The Bertz CT molecular complexity index is 733. The third-order valence-electron chi connectivity index (χ3n) is 5.04. The van der Waals surface area contributed by atoms with Gasteiger partial charge in [-0.2, -0.15) is 0 Å². The van der Waals surface area contributed by atoms with Crippen LogP contribution in [0.4, 0.5) is 5.69 Å². The first-order chi connectivity index (χ1) is 14.1. The summed E-state index contributed by atoms with van der Waals surface area (Å²) < 4.78 is 10.4. The topological polar surface area (TPSA) is 91.4 Å². The number of anilines is 1. The smallest absolute Gasteiger partial charge is 0.265 e. The first kappa shape index (κ1) is 21.1. The maximum absolute atomic E-state index is 12.7. The molecular formula is C20H28N4O5. The molecule has 0 spiro atoms. The Morgan fingerprint density at radius 2 is 1.90 bits per heavy atom. The van der Waals surface area contributed by atoms with Gasteiger partial charge in [-0.25, -0.2) is 0 Å². The molecule has 0 radical (unpaired) electrons. The number of nitrogens with zero attached hydrogens (tertiary/aromatic N) is 3. The molecule has 0 atom stereocenters. The second-order valence-electron chi connectivity index (χ2n) is 7.09. The third kappa shape index (κ3) is 5.68. The molecule has 29 heavy (non-hydrogen) atoms. The van der Waals surface area contributed by atoms with Gasteiger partial charge < -0.3 is 19.7 Å². The van der Waals surface area contributed by atoms with Crippen LogP contribution in [0.2, 0.25) is 0 Å². The van der Waals surface area contributed by atoms with Crippen molar-refractivity contribution < 1.29 is 23.9 Å². The number of rotatable bonds is 8. The number of hydrogen-bond donors (Lipinski definition) is 1. The fourth-order valence-electron chi connectivity index (χ4n) is 3.42. The molecule has 0 unspecified atom stereocenters. The highest BCUT2D eigenvalue weighted by Crippen LogP contribution is 2.31. The molecule has 0 aliphatic carbocycles. The van der Waals surface area contributed by atoms with Gasteiger partial charge in [-0.05, 0) is 18.6 Å². The number of amides is 3. The van der Waals surface area contributed by atoms with Crippen LogP contribution in [0.25, 0.3) is 0 Å². The summed E-state index contributed by atoms with van der Waals surface area (Å²) in [6, 6.07) is 7.22. The second kappa shape index (κ2) is 10.2. The molecule has 0 bridgehead atoms. The fraction of sp³-hybridized carbons (Fsp3) is 0.550. The van der Waals surface area contributed by atoms with Crippen LogP contribution in [0.15, 0.2) is 24.3 Å². The van der Waals surface area contributed by atoms with E-state index in [1.54, 1.807) is 24.1 Å². The minimum Gasteiger partial charge on any atom is -0.482 e. The average Bonchev–Trinajstić information content (AvgIpc) is 2.74. The van der Waals surface area contributed by atoms with E-state index in [9.17, 15) is 14.4 Å². The summed E-state index contributed by atoms with van der Waals surface area (Å²) in [7, 11) is 1.64. The van der Waals surface area contributed by atoms with E-state index in [1.165, 1.54) is 4.90 Å². The number of fused-ring (bicyclic) bond motifs is 1. The van der Waals surface area contributed by atoms with E-state index in [0.29, 0.717) is 57.3 Å². The summed E-state index contributed by atoms with van der Waals surface area (Å²) in [5.74, 6) is 0.275. The number of methoxy groups -OCH3 is 1. The summed E-state index contributed by atoms with van der Waals surface area (Å²) >= 11 is 0. The molecule has 1 aromatic rings. The number of benzene rings is 1. The van der Waals surface area contributed by atoms with Crippen LogP contribution in [-0.4, -0.2) is 93.7 Å². The summed E-state index contributed by atoms with van der Waals surface area (Å²) in [4.78, 5) is 42.2. The van der Waals surface area contributed by atoms with Gasteiger partial charge in [-0.3, -0.25) is 24.2 Å². The molecule has 2 heterocycles. The lowest BCUT2D eigenvalue weighted by Crippen LogP contribution is -2.54. The van der Waals surface area contributed by atoms with Crippen molar-refractivity contribution in [1.82, 2.24) is 15.1 Å². The van der Waals surface area contributed by atoms with Crippen LogP contribution < -0.4 is 15.0 Å². The van der Waals surface area contributed by atoms with Crippen LogP contribution in [0, 0.1) is 0 Å². The van der Waals surface area contributed by atoms with E-state index in [1.807, 2.05) is 17.0 Å². The maximum atomic E-state index is 12.7. The normalized spacial score (nSPS) is 16.9. The van der Waals surface area contributed by atoms with Crippen LogP contribution in [0.5, 0.6) is 5.75 Å². The minimum atomic E-state index is -0.221. The average molecular weight is 404 g/mol. The van der Waals surface area contributed by atoms with Gasteiger partial charge in [0.15, 0.2) is 6.61 Å². The standard InChI is InChI=1S/C20H28N4O5/c1-28-12-4-7-21-18(25)13-22-8-10-23(11-9-22)19(26)14-24-16-5-2-3-6-17(16)29-15-20(24)27/h2-3,5-6H,4,7-15H2,1H3,(H,21,25). The highest BCUT2D eigenvalue weighted by Gasteiger charge is 2.30. The number of piperazine rings is 1. The van der Waals surface area contributed by atoms with Crippen molar-refractivity contribution in [1.29, 1.82) is 0 Å². The van der Waals surface area contributed by atoms with Gasteiger partial charge in [0.25, 0.3) is 5.91 Å². The maximum Gasteiger partial charge on any atom is 0.265 e. The Labute approximate surface area is 170 Å². The molecule has 3 amide bonds. The van der Waals surface area contributed by atoms with E-state index < -0.39 is 0 Å². The van der Waals surface area contributed by atoms with Crippen LogP contribution >= 0.6 is 0 Å². The Morgan fingerprint density at radius 3 is 2.66 bits per heavy atom. The highest BCUT2D eigenvalue weighted by atomic mass is 16.5. The fourth-order valence-corrected chi connectivity index (χ4v) is 3.42. The zero-order valence-corrected chi connectivity index (χ0v) is 16.8. The lowest BCUT2D eigenvalue weighted by atomic mass is 10.2. The molecule has 3 rings (SSSR count). The van der Waals surface area contributed by atoms with E-state index in [2.05, 4.69) is 5.32 Å². The van der Waals surface area contributed by atoms with E-state index in [-0.39, 0.29) is 30.9 Å². The van der Waals surface area contributed by atoms with E-state index >= 15 is 0 Å². The van der Waals surface area contributed by atoms with Crippen molar-refractivity contribution >= 4 is 23.4 Å². The van der Waals surface area contributed by atoms with Crippen LogP contribution in [-0.2, 0) is 19.1 Å². The van der Waals surface area contributed by atoms with Crippen LogP contribution in [0.1, 0.15) is 6.42 Å². The lowest BCUT2D eigenvalue weighted by Gasteiger charge is -2.36. The lowest BCUT2D eigenvalue weighted by molar-refractivity contribution is -0.133. The number of nitrogens with one attached hydrogen (secondary N) is 1. The Kier molecular flexibility index (Phi) is 7.42. The van der Waals surface area contributed by atoms with Gasteiger partial charge in [-0.1, -0.05) is 12.1 Å². The third-order valence-corrected chi connectivity index (χ3v) is 5.04. The van der Waals surface area contributed by atoms with E-state index in [4.69, 9.17) is 9.47 Å². The van der Waals surface area contributed by atoms with Crippen molar-refractivity contribution in [3.63, 3.8) is 0 Å². The van der Waals surface area contributed by atoms with Gasteiger partial charge in [-0.15, -0.1) is 0 Å². The van der Waals surface area contributed by atoms with Gasteiger partial charge in [0.2, 0.25) is 11.8 Å². The SMILES string of the molecule is COCCCNC(=O)CN1CCN(C(=O)CN2C(=O)COc3ccccc32)CC1. The summed E-state index contributed by atoms with van der Waals surface area (Å²) in [6.45, 7) is 3.82. The number of hydrogen-bond acceptors (Lipinski definition) is 6. The number of para-hydroxylation sites is 2. The molecule has 9 heteroatoms. The zero-order valence-electron chi connectivity index (χ0n) is 16.8. The summed E-state index contributed by atoms with van der Waals surface area (Å²) in [5, 5.41) is 2.87. The molecule has 2 aliphatic rings. The van der Waals surface area contributed by atoms with Gasteiger partial charge >= 0.3 is 0 Å². The minimum absolute atomic E-state index is 0.000801. The number of carbonyl (C=O) groups is 3. The molecule has 2 aliphatic heterocycles. The molecule has 1 N–H and O–H groups in total. The van der Waals surface area contributed by atoms with Crippen molar-refractivity contribution in [2.45, 2.75) is 6.42 Å². The molecule has 0 aromatic heterocycles. The summed E-state index contributed by atoms with van der Waals surface area (Å²) in [5.41, 5.74) is 0.626. The molecule has 0 saturated carbocycles. The first-order valence-corrected chi connectivity index (χ1v) is 9.86. The Hall–Kier alpha value is -2.65. The van der Waals surface area contributed by atoms with Gasteiger partial charge in [0, 0.05) is 46.4 Å². The van der Waals surface area contributed by atoms with Gasteiger partial charge in [0.1, 0.15) is 12.3 Å². The zero-order chi connectivity index (χ0) is 20.6. The molecule has 1 fully saturated rings.